The summed E-state index contributed by atoms with van der Waals surface area (Å²) in [5.74, 6) is 0.608. The Kier molecular flexibility index (Phi) is 3.55. The maximum Gasteiger partial charge on any atom is 0.251 e. The van der Waals surface area contributed by atoms with Crippen molar-refractivity contribution >= 4 is 28.9 Å². The summed E-state index contributed by atoms with van der Waals surface area (Å²) in [6.45, 7) is 6.52. The van der Waals surface area contributed by atoms with E-state index < -0.39 is 6.69 Å². The molecule has 0 bridgehead atoms. The van der Waals surface area contributed by atoms with Gasteiger partial charge in [-0.3, -0.25) is 0 Å². The summed E-state index contributed by atoms with van der Waals surface area (Å²) in [4.78, 5) is 0. The van der Waals surface area contributed by atoms with Gasteiger partial charge in [-0.25, -0.2) is 0 Å². The maximum atomic E-state index is 5.98. The number of rotatable bonds is 2. The zero-order valence-corrected chi connectivity index (χ0v) is 8.92. The molecule has 0 heterocycles. The Bertz CT molecular complexity index is 85.5. The SMILES string of the molecule is CC(C)C(C)[Si](C)(Cl)Cl. The molecule has 0 spiro atoms. The van der Waals surface area contributed by atoms with Crippen LogP contribution in [0.5, 0.6) is 0 Å². The molecule has 0 aromatic heterocycles. The van der Waals surface area contributed by atoms with Crippen molar-refractivity contribution in [1.29, 1.82) is 0 Å². The lowest BCUT2D eigenvalue weighted by Crippen LogP contribution is -2.23. The molecule has 0 fully saturated rings. The highest BCUT2D eigenvalue weighted by Gasteiger charge is 2.31. The second-order valence-electron chi connectivity index (χ2n) is 2.99. The van der Waals surface area contributed by atoms with Gasteiger partial charge in [-0.1, -0.05) is 20.8 Å². The molecule has 0 aliphatic rings. The number of halogens is 2. The van der Waals surface area contributed by atoms with E-state index in [1.165, 1.54) is 0 Å². The zero-order chi connectivity index (χ0) is 7.65. The summed E-state index contributed by atoms with van der Waals surface area (Å²) in [5.41, 5.74) is 0.487. The molecule has 0 radical (unpaired) electrons. The van der Waals surface area contributed by atoms with Gasteiger partial charge in [-0.05, 0) is 18.0 Å². The molecule has 0 saturated carbocycles. The van der Waals surface area contributed by atoms with Crippen molar-refractivity contribution in [3.63, 3.8) is 0 Å². The van der Waals surface area contributed by atoms with E-state index in [-0.39, 0.29) is 0 Å². The van der Waals surface area contributed by atoms with E-state index in [4.69, 9.17) is 22.2 Å². The smallest absolute Gasteiger partial charge is 0.146 e. The van der Waals surface area contributed by atoms with Crippen LogP contribution in [0.4, 0.5) is 0 Å². The predicted octanol–water partition coefficient (Wildman–Crippen LogP) is 3.58. The van der Waals surface area contributed by atoms with Gasteiger partial charge in [0.1, 0.15) is 0 Å². The molecule has 9 heavy (non-hydrogen) atoms. The van der Waals surface area contributed by atoms with Gasteiger partial charge in [0.25, 0.3) is 6.69 Å². The molecular weight excluding hydrogens is 171 g/mol. The van der Waals surface area contributed by atoms with Crippen molar-refractivity contribution in [3.05, 3.63) is 0 Å². The number of hydrogen-bond donors (Lipinski definition) is 0. The molecule has 0 aliphatic heterocycles. The van der Waals surface area contributed by atoms with E-state index in [2.05, 4.69) is 20.8 Å². The van der Waals surface area contributed by atoms with Crippen LogP contribution in [-0.2, 0) is 0 Å². The lowest BCUT2D eigenvalue weighted by molar-refractivity contribution is 0.615. The van der Waals surface area contributed by atoms with Gasteiger partial charge in [0.15, 0.2) is 0 Å². The van der Waals surface area contributed by atoms with Crippen LogP contribution in [0.15, 0.2) is 0 Å². The minimum absolute atomic E-state index is 0.487. The molecule has 0 aromatic carbocycles. The van der Waals surface area contributed by atoms with Crippen LogP contribution in [0.1, 0.15) is 20.8 Å². The molecular formula is C6H14Cl2Si. The summed E-state index contributed by atoms with van der Waals surface area (Å²) in [5, 5.41) is 0. The number of hydrogen-bond acceptors (Lipinski definition) is 0. The van der Waals surface area contributed by atoms with Crippen molar-refractivity contribution in [2.24, 2.45) is 5.92 Å². The van der Waals surface area contributed by atoms with Gasteiger partial charge in [-0.2, -0.15) is 0 Å². The van der Waals surface area contributed by atoms with Crippen molar-refractivity contribution in [1.82, 2.24) is 0 Å². The third kappa shape index (κ3) is 3.49. The highest BCUT2D eigenvalue weighted by molar-refractivity contribution is 7.45. The van der Waals surface area contributed by atoms with E-state index in [1.807, 2.05) is 6.55 Å². The molecule has 1 unspecified atom stereocenters. The predicted molar refractivity (Wildman–Crippen MR) is 47.6 cm³/mol. The Morgan fingerprint density at radius 3 is 1.44 bits per heavy atom. The third-order valence-electron chi connectivity index (χ3n) is 1.80. The van der Waals surface area contributed by atoms with Crippen LogP contribution < -0.4 is 0 Å². The average molecular weight is 185 g/mol. The van der Waals surface area contributed by atoms with Crippen LogP contribution in [0.2, 0.25) is 12.1 Å². The first-order chi connectivity index (χ1) is 3.85. The molecule has 56 valence electrons. The van der Waals surface area contributed by atoms with Gasteiger partial charge in [0.2, 0.25) is 0 Å². The lowest BCUT2D eigenvalue weighted by atomic mass is 10.1. The largest absolute Gasteiger partial charge is 0.251 e. The van der Waals surface area contributed by atoms with Gasteiger partial charge in [-0.15, -0.1) is 22.2 Å². The van der Waals surface area contributed by atoms with Gasteiger partial charge < -0.3 is 0 Å². The van der Waals surface area contributed by atoms with Crippen LogP contribution in [0.3, 0.4) is 0 Å². The summed E-state index contributed by atoms with van der Waals surface area (Å²) in [7, 11) is 0. The summed E-state index contributed by atoms with van der Waals surface area (Å²) < 4.78 is 0. The monoisotopic (exact) mass is 184 g/mol. The highest BCUT2D eigenvalue weighted by atomic mass is 35.7. The fraction of sp³-hybridized carbons (Fsp3) is 1.00. The highest BCUT2D eigenvalue weighted by Crippen LogP contribution is 2.34. The average Bonchev–Trinajstić information content (AvgIpc) is 1.62. The molecule has 0 aliphatic carbocycles. The van der Waals surface area contributed by atoms with Crippen LogP contribution >= 0.6 is 22.2 Å². The molecule has 0 aromatic rings. The van der Waals surface area contributed by atoms with Crippen LogP contribution in [0, 0.1) is 5.92 Å². The van der Waals surface area contributed by atoms with E-state index >= 15 is 0 Å². The van der Waals surface area contributed by atoms with Gasteiger partial charge in [0.05, 0.1) is 0 Å². The van der Waals surface area contributed by atoms with Crippen LogP contribution in [-0.4, -0.2) is 6.69 Å². The molecule has 0 rings (SSSR count). The van der Waals surface area contributed by atoms with E-state index in [1.54, 1.807) is 0 Å². The Morgan fingerprint density at radius 2 is 1.44 bits per heavy atom. The second kappa shape index (κ2) is 3.27. The third-order valence-corrected chi connectivity index (χ3v) is 6.13. The van der Waals surface area contributed by atoms with E-state index in [0.29, 0.717) is 11.5 Å². The summed E-state index contributed by atoms with van der Waals surface area (Å²) in [6.07, 6.45) is 0. The van der Waals surface area contributed by atoms with E-state index in [9.17, 15) is 0 Å². The lowest BCUT2D eigenvalue weighted by Gasteiger charge is -2.22. The Hall–Kier alpha value is 0.797. The topological polar surface area (TPSA) is 0 Å². The van der Waals surface area contributed by atoms with Crippen molar-refractivity contribution in [2.75, 3.05) is 0 Å². The molecule has 1 atom stereocenters. The van der Waals surface area contributed by atoms with Gasteiger partial charge in [0, 0.05) is 0 Å². The first-order valence-electron chi connectivity index (χ1n) is 3.23. The minimum atomic E-state index is -1.88. The first-order valence-corrected chi connectivity index (χ1v) is 7.83. The van der Waals surface area contributed by atoms with Gasteiger partial charge >= 0.3 is 0 Å². The standard InChI is InChI=1S/C6H14Cl2Si/c1-5(2)6(3)9(4,7)8/h5-6H,1-4H3. The Morgan fingerprint density at radius 1 is 1.11 bits per heavy atom. The fourth-order valence-electron chi connectivity index (χ4n) is 0.585. The van der Waals surface area contributed by atoms with Crippen molar-refractivity contribution in [2.45, 2.75) is 32.9 Å². The maximum absolute atomic E-state index is 5.98. The van der Waals surface area contributed by atoms with Crippen LogP contribution in [0.25, 0.3) is 0 Å². The Balaban J connectivity index is 3.88. The first kappa shape index (κ1) is 9.80. The minimum Gasteiger partial charge on any atom is -0.146 e. The second-order valence-corrected chi connectivity index (χ2v) is 11.1. The quantitative estimate of drug-likeness (QED) is 0.455. The fourth-order valence-corrected chi connectivity index (χ4v) is 3.27. The molecule has 0 N–H and O–H groups in total. The Labute approximate surface area is 68.0 Å². The van der Waals surface area contributed by atoms with Crippen molar-refractivity contribution < 1.29 is 0 Å². The summed E-state index contributed by atoms with van der Waals surface area (Å²) in [6, 6.07) is 0. The normalized spacial score (nSPS) is 16.3. The molecule has 0 nitrogen and oxygen atoms in total. The van der Waals surface area contributed by atoms with Crippen molar-refractivity contribution in [3.8, 4) is 0 Å². The van der Waals surface area contributed by atoms with E-state index in [0.717, 1.165) is 0 Å². The molecule has 0 saturated heterocycles. The molecule has 0 amide bonds. The summed E-state index contributed by atoms with van der Waals surface area (Å²) >= 11 is 12.0. The molecule has 3 heteroatoms. The zero-order valence-electron chi connectivity index (χ0n) is 6.41.